The number of aryl methyl sites for hydroxylation is 2. The maximum atomic E-state index is 12.3. The summed E-state index contributed by atoms with van der Waals surface area (Å²) in [4.78, 5) is 12.3. The van der Waals surface area contributed by atoms with Crippen molar-refractivity contribution < 1.29 is 19.0 Å². The Morgan fingerprint density at radius 1 is 0.846 bits per heavy atom. The fourth-order valence-corrected chi connectivity index (χ4v) is 3.10. The first-order valence-corrected chi connectivity index (χ1v) is 9.19. The Morgan fingerprint density at radius 3 is 1.96 bits per heavy atom. The Bertz CT molecular complexity index is 698. The first-order chi connectivity index (χ1) is 12.6. The number of benzene rings is 2. The smallest absolute Gasteiger partial charge is 0.314 e. The van der Waals surface area contributed by atoms with E-state index in [1.807, 2.05) is 62.4 Å². The molecule has 0 N–H and O–H groups in total. The van der Waals surface area contributed by atoms with E-state index in [9.17, 15) is 4.79 Å². The Morgan fingerprint density at radius 2 is 1.38 bits per heavy atom. The SMILES string of the molecule is Cc1ccc(OCOC2CCC(C(=O)Oc3ccc(C)cc3)CC2)cc1. The van der Waals surface area contributed by atoms with Crippen molar-refractivity contribution >= 4 is 5.97 Å². The van der Waals surface area contributed by atoms with Crippen LogP contribution in [-0.2, 0) is 9.53 Å². The van der Waals surface area contributed by atoms with Crippen LogP contribution >= 0.6 is 0 Å². The maximum Gasteiger partial charge on any atom is 0.314 e. The summed E-state index contributed by atoms with van der Waals surface area (Å²) in [6, 6.07) is 15.5. The summed E-state index contributed by atoms with van der Waals surface area (Å²) in [5, 5.41) is 0. The van der Waals surface area contributed by atoms with Crippen LogP contribution in [0.1, 0.15) is 36.8 Å². The molecule has 0 atom stereocenters. The first kappa shape index (κ1) is 18.5. The standard InChI is InChI=1S/C22H26O4/c1-16-3-9-19(10-4-16)24-15-25-20-13-7-18(8-14-20)22(23)26-21-11-5-17(2)6-12-21/h3-6,9-12,18,20H,7-8,13-15H2,1-2H3. The monoisotopic (exact) mass is 354 g/mol. The molecule has 138 valence electrons. The summed E-state index contributed by atoms with van der Waals surface area (Å²) in [6.45, 7) is 4.30. The fourth-order valence-electron chi connectivity index (χ4n) is 3.10. The molecule has 0 aliphatic heterocycles. The van der Waals surface area contributed by atoms with Crippen LogP contribution in [0.4, 0.5) is 0 Å². The molecule has 4 heteroatoms. The Hall–Kier alpha value is -2.33. The Labute approximate surface area is 155 Å². The predicted octanol–water partition coefficient (Wildman–Crippen LogP) is 4.82. The number of carbonyl (C=O) groups excluding carboxylic acids is 1. The van der Waals surface area contributed by atoms with E-state index >= 15 is 0 Å². The van der Waals surface area contributed by atoms with Crippen LogP contribution in [0.15, 0.2) is 48.5 Å². The number of carbonyl (C=O) groups is 1. The molecule has 2 aromatic carbocycles. The molecule has 3 rings (SSSR count). The van der Waals surface area contributed by atoms with Gasteiger partial charge in [0.15, 0.2) is 6.79 Å². The average Bonchev–Trinajstić information content (AvgIpc) is 2.66. The van der Waals surface area contributed by atoms with Crippen LogP contribution in [-0.4, -0.2) is 18.9 Å². The molecule has 1 aliphatic carbocycles. The number of ether oxygens (including phenoxy) is 3. The average molecular weight is 354 g/mol. The zero-order chi connectivity index (χ0) is 18.4. The van der Waals surface area contributed by atoms with Crippen LogP contribution in [0.2, 0.25) is 0 Å². The summed E-state index contributed by atoms with van der Waals surface area (Å²) in [7, 11) is 0. The van der Waals surface area contributed by atoms with E-state index in [1.54, 1.807) is 0 Å². The van der Waals surface area contributed by atoms with Crippen molar-refractivity contribution in [3.63, 3.8) is 0 Å². The lowest BCUT2D eigenvalue weighted by Gasteiger charge is -2.27. The second-order valence-corrected chi connectivity index (χ2v) is 6.95. The Kier molecular flexibility index (Phi) is 6.29. The van der Waals surface area contributed by atoms with E-state index < -0.39 is 0 Å². The Balaban J connectivity index is 1.37. The number of hydrogen-bond acceptors (Lipinski definition) is 4. The zero-order valence-corrected chi connectivity index (χ0v) is 15.4. The molecule has 1 saturated carbocycles. The van der Waals surface area contributed by atoms with Gasteiger partial charge in [-0.15, -0.1) is 0 Å². The number of hydrogen-bond donors (Lipinski definition) is 0. The van der Waals surface area contributed by atoms with Crippen LogP contribution in [0.3, 0.4) is 0 Å². The molecule has 26 heavy (non-hydrogen) atoms. The van der Waals surface area contributed by atoms with E-state index in [0.29, 0.717) is 5.75 Å². The van der Waals surface area contributed by atoms with Gasteiger partial charge in [-0.2, -0.15) is 0 Å². The van der Waals surface area contributed by atoms with Gasteiger partial charge >= 0.3 is 5.97 Å². The van der Waals surface area contributed by atoms with E-state index in [0.717, 1.165) is 37.0 Å². The third kappa shape index (κ3) is 5.33. The number of rotatable bonds is 6. The van der Waals surface area contributed by atoms with Crippen molar-refractivity contribution in [1.82, 2.24) is 0 Å². The van der Waals surface area contributed by atoms with Crippen LogP contribution in [0.5, 0.6) is 11.5 Å². The second-order valence-electron chi connectivity index (χ2n) is 6.95. The van der Waals surface area contributed by atoms with Crippen LogP contribution < -0.4 is 9.47 Å². The molecule has 4 nitrogen and oxygen atoms in total. The quantitative estimate of drug-likeness (QED) is 0.424. The first-order valence-electron chi connectivity index (χ1n) is 9.19. The normalized spacial score (nSPS) is 19.8. The lowest BCUT2D eigenvalue weighted by Crippen LogP contribution is -2.29. The summed E-state index contributed by atoms with van der Waals surface area (Å²) >= 11 is 0. The van der Waals surface area contributed by atoms with Gasteiger partial charge in [0, 0.05) is 0 Å². The summed E-state index contributed by atoms with van der Waals surface area (Å²) in [5.41, 5.74) is 2.35. The van der Waals surface area contributed by atoms with Gasteiger partial charge in [0.2, 0.25) is 0 Å². The van der Waals surface area contributed by atoms with E-state index in [1.165, 1.54) is 5.56 Å². The largest absolute Gasteiger partial charge is 0.468 e. The van der Waals surface area contributed by atoms with Gasteiger partial charge in [0.25, 0.3) is 0 Å². The minimum absolute atomic E-state index is 0.0471. The van der Waals surface area contributed by atoms with Crippen molar-refractivity contribution in [3.05, 3.63) is 59.7 Å². The van der Waals surface area contributed by atoms with Gasteiger partial charge in [0.1, 0.15) is 11.5 Å². The molecular formula is C22H26O4. The summed E-state index contributed by atoms with van der Waals surface area (Å²) in [5.74, 6) is 1.24. The molecule has 0 radical (unpaired) electrons. The molecule has 2 aromatic rings. The molecule has 0 amide bonds. The maximum absolute atomic E-state index is 12.3. The van der Waals surface area contributed by atoms with Gasteiger partial charge in [0.05, 0.1) is 12.0 Å². The second kappa shape index (κ2) is 8.86. The van der Waals surface area contributed by atoms with Gasteiger partial charge in [-0.25, -0.2) is 0 Å². The molecule has 0 spiro atoms. The molecule has 0 unspecified atom stereocenters. The molecule has 0 aromatic heterocycles. The van der Waals surface area contributed by atoms with Crippen molar-refractivity contribution in [3.8, 4) is 11.5 Å². The minimum atomic E-state index is -0.136. The van der Waals surface area contributed by atoms with Gasteiger partial charge in [-0.05, 0) is 63.8 Å². The van der Waals surface area contributed by atoms with Crippen molar-refractivity contribution in [2.24, 2.45) is 5.92 Å². The molecule has 0 bridgehead atoms. The van der Waals surface area contributed by atoms with Crippen molar-refractivity contribution in [2.75, 3.05) is 6.79 Å². The third-order valence-electron chi connectivity index (χ3n) is 4.80. The fraction of sp³-hybridized carbons (Fsp3) is 0.409. The zero-order valence-electron chi connectivity index (χ0n) is 15.4. The topological polar surface area (TPSA) is 44.8 Å². The lowest BCUT2D eigenvalue weighted by atomic mass is 9.87. The van der Waals surface area contributed by atoms with E-state index in [4.69, 9.17) is 14.2 Å². The van der Waals surface area contributed by atoms with Crippen molar-refractivity contribution in [2.45, 2.75) is 45.6 Å². The highest BCUT2D eigenvalue weighted by Crippen LogP contribution is 2.28. The number of esters is 1. The van der Waals surface area contributed by atoms with Gasteiger partial charge in [-0.1, -0.05) is 35.4 Å². The third-order valence-corrected chi connectivity index (χ3v) is 4.80. The highest BCUT2D eigenvalue weighted by molar-refractivity contribution is 5.75. The van der Waals surface area contributed by atoms with E-state index in [-0.39, 0.29) is 24.8 Å². The molecule has 1 fully saturated rings. The molecule has 0 heterocycles. The highest BCUT2D eigenvalue weighted by atomic mass is 16.7. The molecule has 1 aliphatic rings. The van der Waals surface area contributed by atoms with Gasteiger partial charge in [-0.3, -0.25) is 4.79 Å². The summed E-state index contributed by atoms with van der Waals surface area (Å²) in [6.07, 6.45) is 3.43. The van der Waals surface area contributed by atoms with Crippen LogP contribution in [0, 0.1) is 19.8 Å². The lowest BCUT2D eigenvalue weighted by molar-refractivity contribution is -0.141. The highest BCUT2D eigenvalue weighted by Gasteiger charge is 2.28. The summed E-state index contributed by atoms with van der Waals surface area (Å²) < 4.78 is 16.9. The van der Waals surface area contributed by atoms with E-state index in [2.05, 4.69) is 0 Å². The van der Waals surface area contributed by atoms with Crippen molar-refractivity contribution in [1.29, 1.82) is 0 Å². The predicted molar refractivity (Wildman–Crippen MR) is 100 cm³/mol. The van der Waals surface area contributed by atoms with Crippen LogP contribution in [0.25, 0.3) is 0 Å². The molecule has 0 saturated heterocycles. The minimum Gasteiger partial charge on any atom is -0.468 e. The van der Waals surface area contributed by atoms with Gasteiger partial charge < -0.3 is 14.2 Å². The molecular weight excluding hydrogens is 328 g/mol.